The molecule has 0 saturated carbocycles. The molecule has 0 aromatic heterocycles. The van der Waals surface area contributed by atoms with Crippen LogP contribution in [0.4, 0.5) is 0 Å². The molecule has 2 heteroatoms. The number of rotatable bonds is 3. The number of hydrogen-bond acceptors (Lipinski definition) is 1. The van der Waals surface area contributed by atoms with Crippen LogP contribution < -0.4 is 0 Å². The van der Waals surface area contributed by atoms with E-state index in [0.717, 1.165) is 19.0 Å². The van der Waals surface area contributed by atoms with Crippen molar-refractivity contribution in [3.8, 4) is 0 Å². The Balaban J connectivity index is 2.35. The fourth-order valence-corrected chi connectivity index (χ4v) is 2.38. The summed E-state index contributed by atoms with van der Waals surface area (Å²) >= 11 is 0. The van der Waals surface area contributed by atoms with Crippen LogP contribution in [0.15, 0.2) is 0 Å². The highest BCUT2D eigenvalue weighted by atomic mass is 16.2. The van der Waals surface area contributed by atoms with E-state index in [1.807, 2.05) is 4.90 Å². The van der Waals surface area contributed by atoms with Gasteiger partial charge in [0.1, 0.15) is 0 Å². The zero-order valence-electron chi connectivity index (χ0n) is 10.7. The molecule has 88 valence electrons. The number of likely N-dealkylation sites (tertiary alicyclic amines) is 1. The maximum absolute atomic E-state index is 11.2. The maximum atomic E-state index is 11.2. The van der Waals surface area contributed by atoms with E-state index >= 15 is 0 Å². The Bertz CT molecular complexity index is 215. The molecule has 0 aromatic rings. The summed E-state index contributed by atoms with van der Waals surface area (Å²) in [6.07, 6.45) is 4.96. The van der Waals surface area contributed by atoms with Gasteiger partial charge in [-0.05, 0) is 30.6 Å². The highest BCUT2D eigenvalue weighted by Crippen LogP contribution is 2.33. The Hall–Kier alpha value is -0.530. The van der Waals surface area contributed by atoms with E-state index in [0.29, 0.717) is 5.41 Å². The Morgan fingerprint density at radius 2 is 1.87 bits per heavy atom. The first-order chi connectivity index (χ1) is 6.94. The topological polar surface area (TPSA) is 20.3 Å². The van der Waals surface area contributed by atoms with E-state index in [1.54, 1.807) is 6.92 Å². The Kier molecular flexibility index (Phi) is 4.18. The molecule has 1 rings (SSSR count). The van der Waals surface area contributed by atoms with Gasteiger partial charge in [0, 0.05) is 20.0 Å². The summed E-state index contributed by atoms with van der Waals surface area (Å²) in [6.45, 7) is 10.6. The van der Waals surface area contributed by atoms with Crippen LogP contribution in [0.3, 0.4) is 0 Å². The van der Waals surface area contributed by atoms with Crippen LogP contribution in [0.2, 0.25) is 0 Å². The van der Waals surface area contributed by atoms with Crippen LogP contribution in [0.1, 0.15) is 53.4 Å². The molecule has 0 aliphatic carbocycles. The third kappa shape index (κ3) is 3.84. The summed E-state index contributed by atoms with van der Waals surface area (Å²) in [6, 6.07) is 0. The monoisotopic (exact) mass is 211 g/mol. The smallest absolute Gasteiger partial charge is 0.219 e. The Labute approximate surface area is 94.0 Å². The van der Waals surface area contributed by atoms with Crippen molar-refractivity contribution in [2.45, 2.75) is 53.4 Å². The fourth-order valence-electron chi connectivity index (χ4n) is 2.38. The average molecular weight is 211 g/mol. The molecule has 1 fully saturated rings. The van der Waals surface area contributed by atoms with Gasteiger partial charge in [-0.1, -0.05) is 27.2 Å². The van der Waals surface area contributed by atoms with Crippen molar-refractivity contribution in [1.29, 1.82) is 0 Å². The number of nitrogens with zero attached hydrogens (tertiary/aromatic N) is 1. The predicted octanol–water partition coefficient (Wildman–Crippen LogP) is 3.07. The van der Waals surface area contributed by atoms with Crippen molar-refractivity contribution in [2.75, 3.05) is 13.1 Å². The molecule has 0 spiro atoms. The fraction of sp³-hybridized carbons (Fsp3) is 0.923. The van der Waals surface area contributed by atoms with E-state index in [1.165, 1.54) is 25.7 Å². The van der Waals surface area contributed by atoms with Gasteiger partial charge >= 0.3 is 0 Å². The van der Waals surface area contributed by atoms with Gasteiger partial charge in [0.2, 0.25) is 5.91 Å². The lowest BCUT2D eigenvalue weighted by molar-refractivity contribution is -0.130. The summed E-state index contributed by atoms with van der Waals surface area (Å²) in [5.74, 6) is 1.07. The first kappa shape index (κ1) is 12.5. The second-order valence-corrected chi connectivity index (χ2v) is 5.67. The molecule has 1 saturated heterocycles. The first-order valence-corrected chi connectivity index (χ1v) is 6.20. The van der Waals surface area contributed by atoms with E-state index in [-0.39, 0.29) is 5.91 Å². The minimum atomic E-state index is 0.239. The summed E-state index contributed by atoms with van der Waals surface area (Å²) < 4.78 is 0. The first-order valence-electron chi connectivity index (χ1n) is 6.20. The second-order valence-electron chi connectivity index (χ2n) is 5.67. The third-order valence-corrected chi connectivity index (χ3v) is 3.86. The number of hydrogen-bond donors (Lipinski definition) is 0. The van der Waals surface area contributed by atoms with Crippen molar-refractivity contribution in [2.24, 2.45) is 11.3 Å². The summed E-state index contributed by atoms with van der Waals surface area (Å²) in [5, 5.41) is 0. The molecule has 0 bridgehead atoms. The van der Waals surface area contributed by atoms with Gasteiger partial charge in [-0.2, -0.15) is 0 Å². The largest absolute Gasteiger partial charge is 0.343 e. The molecular weight excluding hydrogens is 186 g/mol. The molecule has 1 aliphatic heterocycles. The van der Waals surface area contributed by atoms with Gasteiger partial charge in [-0.15, -0.1) is 0 Å². The van der Waals surface area contributed by atoms with Gasteiger partial charge in [-0.3, -0.25) is 4.79 Å². The van der Waals surface area contributed by atoms with Crippen LogP contribution >= 0.6 is 0 Å². The molecule has 15 heavy (non-hydrogen) atoms. The molecule has 0 radical (unpaired) electrons. The molecule has 1 aliphatic rings. The van der Waals surface area contributed by atoms with Crippen LogP contribution in [0.5, 0.6) is 0 Å². The Morgan fingerprint density at radius 3 is 2.27 bits per heavy atom. The van der Waals surface area contributed by atoms with E-state index < -0.39 is 0 Å². The zero-order valence-corrected chi connectivity index (χ0v) is 10.7. The van der Waals surface area contributed by atoms with Gasteiger partial charge in [-0.25, -0.2) is 0 Å². The van der Waals surface area contributed by atoms with Crippen LogP contribution in [-0.4, -0.2) is 23.9 Å². The van der Waals surface area contributed by atoms with Crippen LogP contribution in [0.25, 0.3) is 0 Å². The van der Waals surface area contributed by atoms with Crippen LogP contribution in [-0.2, 0) is 4.79 Å². The molecule has 0 N–H and O–H groups in total. The van der Waals surface area contributed by atoms with Gasteiger partial charge in [0.05, 0.1) is 0 Å². The third-order valence-electron chi connectivity index (χ3n) is 3.86. The van der Waals surface area contributed by atoms with Crippen molar-refractivity contribution in [3.05, 3.63) is 0 Å². The molecular formula is C13H25NO. The molecule has 0 unspecified atom stereocenters. The van der Waals surface area contributed by atoms with Crippen LogP contribution in [0, 0.1) is 11.3 Å². The van der Waals surface area contributed by atoms with Crippen molar-refractivity contribution >= 4 is 5.91 Å². The molecule has 0 aromatic carbocycles. The standard InChI is InChI=1S/C13H25NO/c1-5-13(3,4)10-12-6-8-14(9-7-12)11(2)15/h12H,5-10H2,1-4H3. The number of piperidine rings is 1. The SMILES string of the molecule is CCC(C)(C)CC1CCN(C(C)=O)CC1. The number of carbonyl (C=O) groups excluding carboxylic acids is 1. The second kappa shape index (κ2) is 5.00. The Morgan fingerprint density at radius 1 is 1.33 bits per heavy atom. The summed E-state index contributed by atoms with van der Waals surface area (Å²) in [4.78, 5) is 13.2. The lowest BCUT2D eigenvalue weighted by atomic mass is 9.77. The normalized spacial score (nSPS) is 19.3. The van der Waals surface area contributed by atoms with Crippen molar-refractivity contribution in [3.63, 3.8) is 0 Å². The van der Waals surface area contributed by atoms with E-state index in [9.17, 15) is 4.79 Å². The minimum absolute atomic E-state index is 0.239. The lowest BCUT2D eigenvalue weighted by Crippen LogP contribution is -2.37. The van der Waals surface area contributed by atoms with Gasteiger partial charge < -0.3 is 4.90 Å². The van der Waals surface area contributed by atoms with E-state index in [2.05, 4.69) is 20.8 Å². The predicted molar refractivity (Wildman–Crippen MR) is 63.7 cm³/mol. The highest BCUT2D eigenvalue weighted by Gasteiger charge is 2.26. The quantitative estimate of drug-likeness (QED) is 0.702. The lowest BCUT2D eigenvalue weighted by Gasteiger charge is -2.35. The van der Waals surface area contributed by atoms with Gasteiger partial charge in [0.25, 0.3) is 0 Å². The maximum Gasteiger partial charge on any atom is 0.219 e. The van der Waals surface area contributed by atoms with Gasteiger partial charge in [0.15, 0.2) is 0 Å². The van der Waals surface area contributed by atoms with Crippen molar-refractivity contribution in [1.82, 2.24) is 4.90 Å². The zero-order chi connectivity index (χ0) is 11.5. The van der Waals surface area contributed by atoms with Crippen molar-refractivity contribution < 1.29 is 4.79 Å². The van der Waals surface area contributed by atoms with E-state index in [4.69, 9.17) is 0 Å². The number of amides is 1. The average Bonchev–Trinajstić information content (AvgIpc) is 2.18. The molecule has 0 atom stereocenters. The number of carbonyl (C=O) groups is 1. The highest BCUT2D eigenvalue weighted by molar-refractivity contribution is 5.73. The summed E-state index contributed by atoms with van der Waals surface area (Å²) in [5.41, 5.74) is 0.475. The molecule has 1 heterocycles. The molecule has 1 amide bonds. The molecule has 2 nitrogen and oxygen atoms in total. The summed E-state index contributed by atoms with van der Waals surface area (Å²) in [7, 11) is 0. The minimum Gasteiger partial charge on any atom is -0.343 e.